The highest BCUT2D eigenvalue weighted by molar-refractivity contribution is 6.05. The fourth-order valence-corrected chi connectivity index (χ4v) is 3.18. The number of hydrogen-bond acceptors (Lipinski definition) is 6. The molecule has 0 radical (unpaired) electrons. The molecule has 0 saturated carbocycles. The Kier molecular flexibility index (Phi) is 6.21. The molecule has 9 heteroatoms. The van der Waals surface area contributed by atoms with E-state index in [9.17, 15) is 9.59 Å². The first-order chi connectivity index (χ1) is 16.0. The van der Waals surface area contributed by atoms with Crippen molar-refractivity contribution in [1.82, 2.24) is 15.0 Å². The first-order valence-corrected chi connectivity index (χ1v) is 10.1. The van der Waals surface area contributed by atoms with Gasteiger partial charge in [-0.25, -0.2) is 14.8 Å². The number of urea groups is 1. The molecule has 164 valence electrons. The summed E-state index contributed by atoms with van der Waals surface area (Å²) in [6, 6.07) is 16.9. The number of pyridine rings is 1. The molecule has 4 rings (SSSR count). The molecule has 9 nitrogen and oxygen atoms in total. The van der Waals surface area contributed by atoms with Crippen LogP contribution in [0.5, 0.6) is 0 Å². The van der Waals surface area contributed by atoms with Gasteiger partial charge in [0.2, 0.25) is 5.95 Å². The molecule has 2 aromatic carbocycles. The third-order valence-electron chi connectivity index (χ3n) is 4.74. The van der Waals surface area contributed by atoms with Crippen LogP contribution < -0.4 is 21.7 Å². The van der Waals surface area contributed by atoms with Crippen molar-refractivity contribution < 1.29 is 9.59 Å². The Balaban J connectivity index is 1.47. The Morgan fingerprint density at radius 2 is 1.76 bits per heavy atom. The highest BCUT2D eigenvalue weighted by Gasteiger charge is 2.10. The van der Waals surface area contributed by atoms with Gasteiger partial charge < -0.3 is 21.7 Å². The van der Waals surface area contributed by atoms with Gasteiger partial charge in [-0.15, -0.1) is 0 Å². The van der Waals surface area contributed by atoms with Crippen LogP contribution in [0.15, 0.2) is 79.3 Å². The van der Waals surface area contributed by atoms with Crippen LogP contribution in [0.1, 0.15) is 15.9 Å². The zero-order valence-corrected chi connectivity index (χ0v) is 17.7. The lowest BCUT2D eigenvalue weighted by molar-refractivity contribution is 0.102. The lowest BCUT2D eigenvalue weighted by Crippen LogP contribution is -2.19. The number of nitrogens with one attached hydrogen (secondary N) is 3. The summed E-state index contributed by atoms with van der Waals surface area (Å²) in [6.07, 6.45) is 5.14. The fourth-order valence-electron chi connectivity index (χ4n) is 3.18. The van der Waals surface area contributed by atoms with E-state index in [1.165, 1.54) is 0 Å². The molecule has 4 aromatic rings. The molecule has 0 fully saturated rings. The van der Waals surface area contributed by atoms with E-state index in [0.29, 0.717) is 22.9 Å². The van der Waals surface area contributed by atoms with Gasteiger partial charge in [-0.3, -0.25) is 9.78 Å². The van der Waals surface area contributed by atoms with Gasteiger partial charge in [0, 0.05) is 46.8 Å². The second kappa shape index (κ2) is 9.56. The van der Waals surface area contributed by atoms with Crippen molar-refractivity contribution in [2.75, 3.05) is 16.0 Å². The third-order valence-corrected chi connectivity index (χ3v) is 4.74. The van der Waals surface area contributed by atoms with Crippen molar-refractivity contribution in [2.24, 2.45) is 5.73 Å². The van der Waals surface area contributed by atoms with Gasteiger partial charge in [0.1, 0.15) is 0 Å². The zero-order valence-electron chi connectivity index (χ0n) is 17.7. The highest BCUT2D eigenvalue weighted by atomic mass is 16.2. The van der Waals surface area contributed by atoms with Crippen molar-refractivity contribution in [3.05, 3.63) is 90.4 Å². The molecule has 2 heterocycles. The Bertz CT molecular complexity index is 1310. The van der Waals surface area contributed by atoms with Crippen molar-refractivity contribution >= 4 is 34.9 Å². The first-order valence-electron chi connectivity index (χ1n) is 10.1. The minimum atomic E-state index is -0.693. The van der Waals surface area contributed by atoms with Crippen LogP contribution in [0.4, 0.5) is 27.8 Å². The summed E-state index contributed by atoms with van der Waals surface area (Å²) in [7, 11) is 0. The van der Waals surface area contributed by atoms with Gasteiger partial charge in [-0.05, 0) is 67.1 Å². The standard InChI is InChI=1S/C24H21N7O2/c1-15-12-19(28-22(32)16-4-2-6-18(13-16)29-23(25)33)7-8-20(15)30-24-27-11-9-21(31-24)17-5-3-10-26-14-17/h2-14H,1H3,(H,28,32)(H3,25,29,33)(H,27,30,31). The predicted molar refractivity (Wildman–Crippen MR) is 127 cm³/mol. The lowest BCUT2D eigenvalue weighted by Gasteiger charge is -2.12. The average molecular weight is 439 g/mol. The Labute approximate surface area is 190 Å². The van der Waals surface area contributed by atoms with Crippen molar-refractivity contribution in [2.45, 2.75) is 6.92 Å². The fraction of sp³-hybridized carbons (Fsp3) is 0.0417. The van der Waals surface area contributed by atoms with E-state index in [-0.39, 0.29) is 5.91 Å². The van der Waals surface area contributed by atoms with E-state index >= 15 is 0 Å². The second-order valence-electron chi connectivity index (χ2n) is 7.19. The molecule has 0 unspecified atom stereocenters. The zero-order chi connectivity index (χ0) is 23.2. The van der Waals surface area contributed by atoms with Crippen LogP contribution >= 0.6 is 0 Å². The molecular weight excluding hydrogens is 418 g/mol. The van der Waals surface area contributed by atoms with Crippen molar-refractivity contribution in [3.8, 4) is 11.3 Å². The number of hydrogen-bond donors (Lipinski definition) is 4. The van der Waals surface area contributed by atoms with E-state index in [0.717, 1.165) is 22.5 Å². The number of nitrogens with two attached hydrogens (primary N) is 1. The van der Waals surface area contributed by atoms with Crippen LogP contribution in [-0.2, 0) is 0 Å². The maximum Gasteiger partial charge on any atom is 0.316 e. The summed E-state index contributed by atoms with van der Waals surface area (Å²) in [4.78, 5) is 36.6. The van der Waals surface area contributed by atoms with Crippen LogP contribution in [0.3, 0.4) is 0 Å². The van der Waals surface area contributed by atoms with Gasteiger partial charge in [-0.2, -0.15) is 0 Å². The maximum absolute atomic E-state index is 12.6. The highest BCUT2D eigenvalue weighted by Crippen LogP contribution is 2.24. The molecule has 3 amide bonds. The quantitative estimate of drug-likeness (QED) is 0.353. The summed E-state index contributed by atoms with van der Waals surface area (Å²) in [5, 5.41) is 8.52. The second-order valence-corrected chi connectivity index (χ2v) is 7.19. The van der Waals surface area contributed by atoms with E-state index < -0.39 is 6.03 Å². The number of carbonyl (C=O) groups excluding carboxylic acids is 2. The monoisotopic (exact) mass is 439 g/mol. The maximum atomic E-state index is 12.6. The molecule has 0 atom stereocenters. The van der Waals surface area contributed by atoms with E-state index in [1.807, 2.05) is 37.3 Å². The molecule has 0 aliphatic carbocycles. The van der Waals surface area contributed by atoms with Gasteiger partial charge >= 0.3 is 6.03 Å². The van der Waals surface area contributed by atoms with Crippen LogP contribution in [0.2, 0.25) is 0 Å². The number of amides is 3. The summed E-state index contributed by atoms with van der Waals surface area (Å²) >= 11 is 0. The van der Waals surface area contributed by atoms with Crippen LogP contribution in [-0.4, -0.2) is 26.9 Å². The molecular formula is C24H21N7O2. The Morgan fingerprint density at radius 1 is 0.909 bits per heavy atom. The van der Waals surface area contributed by atoms with Gasteiger partial charge in [-0.1, -0.05) is 6.07 Å². The number of aromatic nitrogens is 3. The van der Waals surface area contributed by atoms with Gasteiger partial charge in [0.15, 0.2) is 0 Å². The normalized spacial score (nSPS) is 10.3. The van der Waals surface area contributed by atoms with Crippen molar-refractivity contribution in [1.29, 1.82) is 0 Å². The van der Waals surface area contributed by atoms with Gasteiger partial charge in [0.25, 0.3) is 5.91 Å². The smallest absolute Gasteiger partial charge is 0.316 e. The predicted octanol–water partition coefficient (Wildman–Crippen LogP) is 4.33. The Hall–Kier alpha value is -4.79. The number of anilines is 4. The first kappa shape index (κ1) is 21.4. The lowest BCUT2D eigenvalue weighted by atomic mass is 10.1. The number of benzene rings is 2. The Morgan fingerprint density at radius 3 is 2.52 bits per heavy atom. The molecule has 0 aliphatic rings. The van der Waals surface area contributed by atoms with Crippen molar-refractivity contribution in [3.63, 3.8) is 0 Å². The van der Waals surface area contributed by atoms with E-state index in [4.69, 9.17) is 5.73 Å². The number of primary amides is 1. The molecule has 0 bridgehead atoms. The molecule has 0 aliphatic heterocycles. The SMILES string of the molecule is Cc1cc(NC(=O)c2cccc(NC(N)=O)c2)ccc1Nc1nccc(-c2cccnc2)n1. The van der Waals surface area contributed by atoms with E-state index in [1.54, 1.807) is 48.9 Å². The molecule has 0 saturated heterocycles. The molecule has 5 N–H and O–H groups in total. The minimum absolute atomic E-state index is 0.310. The summed E-state index contributed by atoms with van der Waals surface area (Å²) in [6.45, 7) is 1.92. The summed E-state index contributed by atoms with van der Waals surface area (Å²) < 4.78 is 0. The topological polar surface area (TPSA) is 135 Å². The third kappa shape index (κ3) is 5.47. The summed E-state index contributed by atoms with van der Waals surface area (Å²) in [5.41, 5.74) is 9.95. The number of rotatable bonds is 6. The average Bonchev–Trinajstić information content (AvgIpc) is 2.81. The van der Waals surface area contributed by atoms with Crippen LogP contribution in [0, 0.1) is 6.92 Å². The minimum Gasteiger partial charge on any atom is -0.351 e. The number of aryl methyl sites for hydroxylation is 1. The van der Waals surface area contributed by atoms with E-state index in [2.05, 4.69) is 30.9 Å². The molecule has 2 aromatic heterocycles. The van der Waals surface area contributed by atoms with Crippen LogP contribution in [0.25, 0.3) is 11.3 Å². The van der Waals surface area contributed by atoms with Gasteiger partial charge in [0.05, 0.1) is 5.69 Å². The largest absolute Gasteiger partial charge is 0.351 e. The molecule has 33 heavy (non-hydrogen) atoms. The number of carbonyl (C=O) groups is 2. The summed E-state index contributed by atoms with van der Waals surface area (Å²) in [5.74, 6) is 0.144. The number of nitrogens with zero attached hydrogens (tertiary/aromatic N) is 3. The molecule has 0 spiro atoms.